The van der Waals surface area contributed by atoms with Crippen LogP contribution in [-0.4, -0.2) is 101 Å². The molecule has 4 unspecified atom stereocenters. The Morgan fingerprint density at radius 1 is 0.732 bits per heavy atom. The maximum Gasteiger partial charge on any atom is 0.197 e. The van der Waals surface area contributed by atoms with Crippen LogP contribution in [0.1, 0.15) is 25.5 Å². The number of hydrogen-bond acceptors (Lipinski definition) is 14. The van der Waals surface area contributed by atoms with E-state index in [0.717, 1.165) is 18.2 Å². The minimum absolute atomic E-state index is 0.0510. The first kappa shape index (κ1) is 29.0. The van der Waals surface area contributed by atoms with Gasteiger partial charge in [-0.2, -0.15) is 0 Å². The molecular weight excluding hydrogens is 548 g/mol. The molecule has 41 heavy (non-hydrogen) atoms. The number of aliphatic hydroxyl groups excluding tert-OH is 5. The largest absolute Gasteiger partial charge is 0.507 e. The van der Waals surface area contributed by atoms with Crippen molar-refractivity contribution in [1.82, 2.24) is 0 Å². The Labute approximate surface area is 231 Å². The summed E-state index contributed by atoms with van der Waals surface area (Å²) in [5.41, 5.74) is -1.20. The van der Waals surface area contributed by atoms with E-state index in [2.05, 4.69) is 0 Å². The number of phenols is 4. The van der Waals surface area contributed by atoms with Crippen molar-refractivity contribution in [2.45, 2.75) is 75.1 Å². The van der Waals surface area contributed by atoms with Crippen molar-refractivity contribution in [3.63, 3.8) is 0 Å². The van der Waals surface area contributed by atoms with Crippen molar-refractivity contribution in [2.75, 3.05) is 0 Å². The highest BCUT2D eigenvalue weighted by atomic mass is 16.7. The lowest BCUT2D eigenvalue weighted by Crippen LogP contribution is -2.61. The average Bonchev–Trinajstić information content (AvgIpc) is 2.92. The molecule has 222 valence electrons. The zero-order chi connectivity index (χ0) is 29.9. The molecule has 10 atom stereocenters. The summed E-state index contributed by atoms with van der Waals surface area (Å²) in [6.07, 6.45) is -15.0. The van der Waals surface area contributed by atoms with E-state index in [1.165, 1.54) is 26.0 Å². The fraction of sp³-hybridized carbons (Fsp3) is 0.444. The monoisotopic (exact) mass is 578 g/mol. The van der Waals surface area contributed by atoms with Gasteiger partial charge in [-0.3, -0.25) is 4.79 Å². The van der Waals surface area contributed by atoms with Crippen molar-refractivity contribution in [2.24, 2.45) is 0 Å². The van der Waals surface area contributed by atoms with Crippen LogP contribution in [0.15, 0.2) is 39.5 Å². The van der Waals surface area contributed by atoms with E-state index in [-0.39, 0.29) is 22.3 Å². The average molecular weight is 579 g/mol. The minimum atomic E-state index is -1.78. The Balaban J connectivity index is 1.58. The summed E-state index contributed by atoms with van der Waals surface area (Å²) in [5.74, 6) is -2.34. The zero-order valence-electron chi connectivity index (χ0n) is 21.7. The fourth-order valence-electron chi connectivity index (χ4n) is 5.11. The number of hydrogen-bond donors (Lipinski definition) is 9. The first-order valence-electron chi connectivity index (χ1n) is 12.7. The summed E-state index contributed by atoms with van der Waals surface area (Å²) in [4.78, 5) is 13.1. The van der Waals surface area contributed by atoms with Gasteiger partial charge >= 0.3 is 0 Å². The van der Waals surface area contributed by atoms with Crippen molar-refractivity contribution < 1.29 is 64.6 Å². The highest BCUT2D eigenvalue weighted by Gasteiger charge is 2.50. The van der Waals surface area contributed by atoms with E-state index >= 15 is 0 Å². The summed E-state index contributed by atoms with van der Waals surface area (Å²) in [6, 6.07) is 5.75. The lowest BCUT2D eigenvalue weighted by molar-refractivity contribution is -0.336. The van der Waals surface area contributed by atoms with E-state index in [0.29, 0.717) is 0 Å². The fourth-order valence-corrected chi connectivity index (χ4v) is 5.11. The highest BCUT2D eigenvalue weighted by Crippen LogP contribution is 2.46. The zero-order valence-corrected chi connectivity index (χ0v) is 21.7. The number of fused-ring (bicyclic) bond motifs is 1. The molecule has 0 bridgehead atoms. The lowest BCUT2D eigenvalue weighted by atomic mass is 9.89. The van der Waals surface area contributed by atoms with Crippen LogP contribution in [0.25, 0.3) is 22.3 Å². The van der Waals surface area contributed by atoms with Crippen molar-refractivity contribution >= 4 is 11.0 Å². The third-order valence-electron chi connectivity index (χ3n) is 7.48. The number of phenolic OH excluding ortho intramolecular Hbond substituents is 4. The molecule has 2 aliphatic heterocycles. The van der Waals surface area contributed by atoms with Gasteiger partial charge in [0.2, 0.25) is 0 Å². The van der Waals surface area contributed by atoms with Gasteiger partial charge in [0.1, 0.15) is 71.0 Å². The number of aliphatic hydroxyl groups is 5. The van der Waals surface area contributed by atoms with Crippen molar-refractivity contribution in [3.05, 3.63) is 46.1 Å². The third kappa shape index (κ3) is 4.98. The summed E-state index contributed by atoms with van der Waals surface area (Å²) in [5, 5.41) is 93.2. The molecule has 9 N–H and O–H groups in total. The number of aromatic hydroxyl groups is 4. The summed E-state index contributed by atoms with van der Waals surface area (Å²) >= 11 is 0. The van der Waals surface area contributed by atoms with Gasteiger partial charge in [-0.05, 0) is 32.0 Å². The summed E-state index contributed by atoms with van der Waals surface area (Å²) in [7, 11) is 0. The number of ether oxygens (including phenoxy) is 3. The van der Waals surface area contributed by atoms with Crippen LogP contribution in [0.2, 0.25) is 0 Å². The predicted molar refractivity (Wildman–Crippen MR) is 137 cm³/mol. The molecule has 5 rings (SSSR count). The lowest BCUT2D eigenvalue weighted by Gasteiger charge is -2.46. The van der Waals surface area contributed by atoms with E-state index in [1.807, 2.05) is 0 Å². The minimum Gasteiger partial charge on any atom is -0.507 e. The normalized spacial score (nSPS) is 34.1. The standard InChI is InChI=1S/C27H30O14/c1-8-20(33)23(36)26(41-27-24(37)22(35)19(32)9(2)39-27)25(38-8)18-14(31)7-16-17(21(18)34)13(30)6-15(40-16)10-3-4-11(28)12(29)5-10/h3-9,19-20,22-29,31-37H,1-2H3/t8?,9?,19-,20+,22?,23?,24-,25+,26-,27-/m0/s1. The van der Waals surface area contributed by atoms with Gasteiger partial charge in [-0.15, -0.1) is 0 Å². The molecule has 2 saturated heterocycles. The quantitative estimate of drug-likeness (QED) is 0.180. The second kappa shape index (κ2) is 10.7. The molecule has 0 aliphatic carbocycles. The SMILES string of the molecule is CC1O[C@H](c2c(O)cc3oc(-c4ccc(O)c(O)c4)cc(=O)c3c2O)[C@@H](O[C@@H]2OC(C)[C@H](O)C(O)[C@@H]2O)C(O)[C@@H]1O. The van der Waals surface area contributed by atoms with Crippen molar-refractivity contribution in [3.8, 4) is 34.3 Å². The summed E-state index contributed by atoms with van der Waals surface area (Å²) < 4.78 is 22.7. The van der Waals surface area contributed by atoms with Crippen molar-refractivity contribution in [1.29, 1.82) is 0 Å². The Morgan fingerprint density at radius 2 is 1.39 bits per heavy atom. The van der Waals surface area contributed by atoms with Gasteiger partial charge < -0.3 is 64.6 Å². The second-order valence-electron chi connectivity index (χ2n) is 10.2. The van der Waals surface area contributed by atoms with E-state index < -0.39 is 95.2 Å². The van der Waals surface area contributed by atoms with Crippen LogP contribution in [0.4, 0.5) is 0 Å². The summed E-state index contributed by atoms with van der Waals surface area (Å²) in [6.45, 7) is 2.82. The number of benzene rings is 2. The molecule has 2 aliphatic rings. The van der Waals surface area contributed by atoms with Crippen LogP contribution in [-0.2, 0) is 14.2 Å². The second-order valence-corrected chi connectivity index (χ2v) is 10.2. The molecule has 0 radical (unpaired) electrons. The first-order chi connectivity index (χ1) is 19.3. The maximum atomic E-state index is 13.1. The molecular formula is C27H30O14. The van der Waals surface area contributed by atoms with Gasteiger partial charge in [0.25, 0.3) is 0 Å². The molecule has 14 nitrogen and oxygen atoms in total. The Morgan fingerprint density at radius 3 is 2.07 bits per heavy atom. The Hall–Kier alpha value is -3.47. The Bertz CT molecular complexity index is 1500. The van der Waals surface area contributed by atoms with Gasteiger partial charge in [0.15, 0.2) is 23.2 Å². The topological polar surface area (TPSA) is 240 Å². The molecule has 3 heterocycles. The van der Waals surface area contributed by atoms with E-state index in [1.54, 1.807) is 0 Å². The van der Waals surface area contributed by atoms with Crippen LogP contribution in [0, 0.1) is 0 Å². The molecule has 3 aromatic rings. The third-order valence-corrected chi connectivity index (χ3v) is 7.48. The molecule has 1 aromatic heterocycles. The maximum absolute atomic E-state index is 13.1. The van der Waals surface area contributed by atoms with Gasteiger partial charge in [-0.25, -0.2) is 0 Å². The predicted octanol–water partition coefficient (Wildman–Crippen LogP) is -0.323. The van der Waals surface area contributed by atoms with Gasteiger partial charge in [0.05, 0.1) is 17.8 Å². The van der Waals surface area contributed by atoms with Crippen LogP contribution < -0.4 is 5.43 Å². The smallest absolute Gasteiger partial charge is 0.197 e. The molecule has 0 spiro atoms. The molecule has 0 saturated carbocycles. The van der Waals surface area contributed by atoms with Gasteiger partial charge in [-0.1, -0.05) is 0 Å². The Kier molecular flexibility index (Phi) is 7.61. The van der Waals surface area contributed by atoms with Crippen LogP contribution in [0.5, 0.6) is 23.0 Å². The van der Waals surface area contributed by atoms with E-state index in [4.69, 9.17) is 18.6 Å². The van der Waals surface area contributed by atoms with Gasteiger partial charge in [0, 0.05) is 17.7 Å². The highest BCUT2D eigenvalue weighted by molar-refractivity contribution is 5.88. The first-order valence-corrected chi connectivity index (χ1v) is 12.7. The molecule has 2 aromatic carbocycles. The molecule has 2 fully saturated rings. The number of rotatable bonds is 4. The van der Waals surface area contributed by atoms with Crippen LogP contribution in [0.3, 0.4) is 0 Å². The van der Waals surface area contributed by atoms with E-state index in [9.17, 15) is 50.8 Å². The molecule has 14 heteroatoms. The molecule has 0 amide bonds. The van der Waals surface area contributed by atoms with Crippen LogP contribution >= 0.6 is 0 Å².